The Kier molecular flexibility index (Phi) is 8.65. The van der Waals surface area contributed by atoms with E-state index in [0.717, 1.165) is 12.8 Å². The van der Waals surface area contributed by atoms with Gasteiger partial charge in [0, 0.05) is 13.0 Å². The van der Waals surface area contributed by atoms with Crippen LogP contribution in [0.4, 0.5) is 0 Å². The Hall–Kier alpha value is -0.470. The lowest BCUT2D eigenvalue weighted by Crippen LogP contribution is -2.37. The van der Waals surface area contributed by atoms with Gasteiger partial charge in [0.25, 0.3) is 0 Å². The van der Waals surface area contributed by atoms with Crippen LogP contribution >= 0.6 is 22.6 Å². The van der Waals surface area contributed by atoms with Crippen LogP contribution in [-0.2, 0) is 19.1 Å². The molecule has 6 heteroatoms. The fraction of sp³-hybridized carbons (Fsp3) is 0.733. The zero-order valence-electron chi connectivity index (χ0n) is 13.3. The minimum Gasteiger partial charge on any atom is -0.445 e. The number of hydrogen-bond donors (Lipinski definition) is 1. The largest absolute Gasteiger partial charge is 0.445 e. The Morgan fingerprint density at radius 2 is 1.71 bits per heavy atom. The summed E-state index contributed by atoms with van der Waals surface area (Å²) in [5, 5.41) is 0. The minimum atomic E-state index is -0.924. The standard InChI is InChI=1S/C15H26INO4/c1-11(16)13(19)14(2,3)20-10-8-6-7-9-12(18)21-15(4,5)17/h1,6-10,17H2,2-5H3. The van der Waals surface area contributed by atoms with Gasteiger partial charge in [-0.1, -0.05) is 13.0 Å². The predicted octanol–water partition coefficient (Wildman–Crippen LogP) is 3.10. The molecule has 21 heavy (non-hydrogen) atoms. The number of Topliss-reactive ketones (excluding diaryl/α,β-unsaturated/α-hetero) is 1. The Morgan fingerprint density at radius 1 is 1.14 bits per heavy atom. The molecular formula is C15H26INO4. The summed E-state index contributed by atoms with van der Waals surface area (Å²) in [6, 6.07) is 0. The summed E-state index contributed by atoms with van der Waals surface area (Å²) in [5.41, 5.74) is 3.82. The van der Waals surface area contributed by atoms with Crippen molar-refractivity contribution >= 4 is 34.3 Å². The van der Waals surface area contributed by atoms with E-state index in [1.165, 1.54) is 0 Å². The van der Waals surface area contributed by atoms with E-state index in [4.69, 9.17) is 15.2 Å². The number of nitrogens with two attached hydrogens (primary N) is 1. The molecule has 2 N–H and O–H groups in total. The Balaban J connectivity index is 3.81. The van der Waals surface area contributed by atoms with E-state index < -0.39 is 11.3 Å². The smallest absolute Gasteiger partial charge is 0.307 e. The van der Waals surface area contributed by atoms with Gasteiger partial charge in [-0.05, 0) is 63.1 Å². The summed E-state index contributed by atoms with van der Waals surface area (Å²) in [5.74, 6) is -0.392. The van der Waals surface area contributed by atoms with Gasteiger partial charge in [0.15, 0.2) is 11.5 Å². The number of ether oxygens (including phenoxy) is 2. The molecule has 0 aliphatic heterocycles. The fourth-order valence-corrected chi connectivity index (χ4v) is 2.26. The summed E-state index contributed by atoms with van der Waals surface area (Å²) in [4.78, 5) is 23.2. The van der Waals surface area contributed by atoms with E-state index in [9.17, 15) is 9.59 Å². The molecule has 0 unspecified atom stereocenters. The number of rotatable bonds is 10. The van der Waals surface area contributed by atoms with Crippen LogP contribution in [0.15, 0.2) is 10.2 Å². The average molecular weight is 411 g/mol. The number of esters is 1. The molecule has 0 aliphatic carbocycles. The number of ketones is 1. The Bertz CT molecular complexity index is 386. The molecule has 0 aromatic heterocycles. The van der Waals surface area contributed by atoms with Crippen molar-refractivity contribution in [1.82, 2.24) is 0 Å². The summed E-state index contributed by atoms with van der Waals surface area (Å²) in [6.45, 7) is 10.8. The second kappa shape index (κ2) is 8.85. The van der Waals surface area contributed by atoms with E-state index in [-0.39, 0.29) is 11.8 Å². The van der Waals surface area contributed by atoms with Gasteiger partial charge in [0.1, 0.15) is 5.60 Å². The molecule has 0 radical (unpaired) electrons. The van der Waals surface area contributed by atoms with Crippen LogP contribution in [0, 0.1) is 0 Å². The van der Waals surface area contributed by atoms with Crippen LogP contribution < -0.4 is 5.73 Å². The maximum absolute atomic E-state index is 11.8. The third kappa shape index (κ3) is 9.97. The van der Waals surface area contributed by atoms with Crippen LogP contribution in [0.2, 0.25) is 0 Å². The van der Waals surface area contributed by atoms with Crippen molar-refractivity contribution < 1.29 is 19.1 Å². The lowest BCUT2D eigenvalue weighted by atomic mass is 10.0. The molecule has 5 nitrogen and oxygen atoms in total. The molecule has 0 aromatic rings. The lowest BCUT2D eigenvalue weighted by Gasteiger charge is -2.23. The van der Waals surface area contributed by atoms with Gasteiger partial charge in [0.2, 0.25) is 0 Å². The molecule has 0 rings (SSSR count). The van der Waals surface area contributed by atoms with Crippen LogP contribution in [0.5, 0.6) is 0 Å². The van der Waals surface area contributed by atoms with Crippen molar-refractivity contribution in [3.05, 3.63) is 10.2 Å². The average Bonchev–Trinajstić information content (AvgIpc) is 2.30. The van der Waals surface area contributed by atoms with E-state index in [2.05, 4.69) is 6.58 Å². The van der Waals surface area contributed by atoms with Gasteiger partial charge >= 0.3 is 5.97 Å². The van der Waals surface area contributed by atoms with Crippen molar-refractivity contribution in [2.75, 3.05) is 6.61 Å². The van der Waals surface area contributed by atoms with Crippen molar-refractivity contribution in [2.45, 2.75) is 64.7 Å². The number of carbonyl (C=O) groups excluding carboxylic acids is 2. The molecule has 0 saturated carbocycles. The van der Waals surface area contributed by atoms with Crippen molar-refractivity contribution in [3.63, 3.8) is 0 Å². The van der Waals surface area contributed by atoms with Crippen molar-refractivity contribution in [1.29, 1.82) is 0 Å². The van der Waals surface area contributed by atoms with Crippen molar-refractivity contribution in [3.8, 4) is 0 Å². The third-order valence-corrected chi connectivity index (χ3v) is 3.15. The first-order valence-electron chi connectivity index (χ1n) is 6.99. The summed E-state index contributed by atoms with van der Waals surface area (Å²) in [7, 11) is 0. The first-order chi connectivity index (χ1) is 9.46. The molecule has 122 valence electrons. The number of unbranched alkanes of at least 4 members (excludes halogenated alkanes) is 2. The Morgan fingerprint density at radius 3 is 2.19 bits per heavy atom. The summed E-state index contributed by atoms with van der Waals surface area (Å²) in [6.07, 6.45) is 2.67. The van der Waals surface area contributed by atoms with Gasteiger partial charge in [0.05, 0.1) is 3.58 Å². The molecular weight excluding hydrogens is 385 g/mol. The number of hydrogen-bond acceptors (Lipinski definition) is 5. The number of halogens is 1. The SMILES string of the molecule is C=C(I)C(=O)C(C)(C)OCCCCCC(=O)OC(C)(C)N. The Labute approximate surface area is 140 Å². The highest BCUT2D eigenvalue weighted by Gasteiger charge is 2.29. The summed E-state index contributed by atoms with van der Waals surface area (Å²) < 4.78 is 11.1. The van der Waals surface area contributed by atoms with Crippen LogP contribution in [0.1, 0.15) is 53.4 Å². The maximum atomic E-state index is 11.8. The molecule has 0 fully saturated rings. The van der Waals surface area contributed by atoms with E-state index in [0.29, 0.717) is 23.0 Å². The zero-order chi connectivity index (χ0) is 16.7. The van der Waals surface area contributed by atoms with Gasteiger partial charge in [-0.3, -0.25) is 15.3 Å². The van der Waals surface area contributed by atoms with E-state index in [1.807, 2.05) is 22.6 Å². The van der Waals surface area contributed by atoms with Gasteiger partial charge in [-0.2, -0.15) is 0 Å². The minimum absolute atomic E-state index is 0.100. The highest BCUT2D eigenvalue weighted by molar-refractivity contribution is 14.1. The lowest BCUT2D eigenvalue weighted by molar-refractivity contribution is -0.156. The van der Waals surface area contributed by atoms with Gasteiger partial charge in [-0.15, -0.1) is 0 Å². The highest BCUT2D eigenvalue weighted by Crippen LogP contribution is 2.19. The molecule has 0 atom stereocenters. The fourth-order valence-electron chi connectivity index (χ4n) is 1.61. The maximum Gasteiger partial charge on any atom is 0.307 e. The van der Waals surface area contributed by atoms with E-state index >= 15 is 0 Å². The normalized spacial score (nSPS) is 12.1. The molecule has 0 heterocycles. The van der Waals surface area contributed by atoms with Crippen molar-refractivity contribution in [2.24, 2.45) is 5.73 Å². The molecule has 0 amide bonds. The zero-order valence-corrected chi connectivity index (χ0v) is 15.5. The highest BCUT2D eigenvalue weighted by atomic mass is 127. The first-order valence-corrected chi connectivity index (χ1v) is 8.07. The molecule has 0 saturated heterocycles. The molecule has 0 aliphatic rings. The first kappa shape index (κ1) is 20.5. The molecule has 0 spiro atoms. The topological polar surface area (TPSA) is 78.6 Å². The van der Waals surface area contributed by atoms with Crippen LogP contribution in [0.25, 0.3) is 0 Å². The quantitative estimate of drug-likeness (QED) is 0.197. The van der Waals surface area contributed by atoms with Crippen LogP contribution in [-0.4, -0.2) is 29.7 Å². The van der Waals surface area contributed by atoms with Gasteiger partial charge in [-0.25, -0.2) is 0 Å². The number of carbonyl (C=O) groups is 2. The van der Waals surface area contributed by atoms with E-state index in [1.54, 1.807) is 27.7 Å². The molecule has 0 bridgehead atoms. The second-order valence-electron chi connectivity index (χ2n) is 5.98. The van der Waals surface area contributed by atoms with Gasteiger partial charge < -0.3 is 9.47 Å². The van der Waals surface area contributed by atoms with Crippen LogP contribution in [0.3, 0.4) is 0 Å². The third-order valence-electron chi connectivity index (χ3n) is 2.66. The summed E-state index contributed by atoms with van der Waals surface area (Å²) >= 11 is 1.90. The monoisotopic (exact) mass is 411 g/mol. The second-order valence-corrected chi connectivity index (χ2v) is 7.28. The predicted molar refractivity (Wildman–Crippen MR) is 91.0 cm³/mol. The molecule has 0 aromatic carbocycles.